The Bertz CT molecular complexity index is 1200. The largest absolute Gasteiger partial charge is 0.381 e. The number of halogens is 3. The van der Waals surface area contributed by atoms with Crippen LogP contribution >= 0.6 is 0 Å². The van der Waals surface area contributed by atoms with Crippen LogP contribution < -0.4 is 11.1 Å². The zero-order chi connectivity index (χ0) is 26.2. The molecule has 4 rings (SSSR count). The van der Waals surface area contributed by atoms with Crippen molar-refractivity contribution in [1.29, 1.82) is 0 Å². The van der Waals surface area contributed by atoms with E-state index < -0.39 is 40.4 Å². The lowest BCUT2D eigenvalue weighted by atomic mass is 10.0. The minimum absolute atomic E-state index is 0.0643. The Labute approximate surface area is 206 Å². The summed E-state index contributed by atoms with van der Waals surface area (Å²) in [6.45, 7) is 3.33. The maximum absolute atomic E-state index is 14.4. The number of benzene rings is 1. The molecular weight excluding hydrogens is 475 g/mol. The summed E-state index contributed by atoms with van der Waals surface area (Å²) in [6.07, 6.45) is 6.31. The van der Waals surface area contributed by atoms with Crippen LogP contribution in [0.1, 0.15) is 53.5 Å². The molecular formula is C25H28F3N5O3. The number of aromatic nitrogens is 3. The Hall–Kier alpha value is -3.57. The molecule has 1 aromatic carbocycles. The molecule has 1 aliphatic rings. The fraction of sp³-hybridized carbons (Fsp3) is 0.360. The number of carbonyl (C=O) groups is 2. The second kappa shape index (κ2) is 12.4. The SMILES string of the molecule is CCC(=O)c1cc(F)c(-c2nc(C(=O)Nc3cnn(C)c3)ccc2F)c(F)c1.NC1CCCOCC1. The molecule has 3 aromatic rings. The summed E-state index contributed by atoms with van der Waals surface area (Å²) in [4.78, 5) is 27.8. The first-order valence-corrected chi connectivity index (χ1v) is 11.5. The Morgan fingerprint density at radius 1 is 1.14 bits per heavy atom. The summed E-state index contributed by atoms with van der Waals surface area (Å²) in [5, 5.41) is 6.39. The molecule has 0 radical (unpaired) electrons. The van der Waals surface area contributed by atoms with Crippen molar-refractivity contribution in [2.75, 3.05) is 18.5 Å². The summed E-state index contributed by atoms with van der Waals surface area (Å²) in [6, 6.07) is 4.04. The van der Waals surface area contributed by atoms with E-state index in [1.807, 2.05) is 0 Å². The average Bonchev–Trinajstić information content (AvgIpc) is 3.10. The van der Waals surface area contributed by atoms with Crippen molar-refractivity contribution in [3.05, 3.63) is 65.4 Å². The molecule has 0 spiro atoms. The lowest BCUT2D eigenvalue weighted by molar-refractivity contribution is 0.0985. The first kappa shape index (κ1) is 27.0. The van der Waals surface area contributed by atoms with Gasteiger partial charge in [0.2, 0.25) is 0 Å². The van der Waals surface area contributed by atoms with Gasteiger partial charge in [-0.25, -0.2) is 18.2 Å². The number of ketones is 1. The Morgan fingerprint density at radius 3 is 2.50 bits per heavy atom. The Kier molecular flexibility index (Phi) is 9.31. The van der Waals surface area contributed by atoms with Crippen molar-refractivity contribution < 1.29 is 27.5 Å². The van der Waals surface area contributed by atoms with Crippen molar-refractivity contribution >= 4 is 17.4 Å². The zero-order valence-corrected chi connectivity index (χ0v) is 20.1. The molecule has 192 valence electrons. The minimum Gasteiger partial charge on any atom is -0.381 e. The number of rotatable bonds is 5. The Morgan fingerprint density at radius 2 is 1.86 bits per heavy atom. The van der Waals surface area contributed by atoms with Crippen LogP contribution in [0.4, 0.5) is 18.9 Å². The van der Waals surface area contributed by atoms with Gasteiger partial charge in [-0.2, -0.15) is 5.10 Å². The summed E-state index contributed by atoms with van der Waals surface area (Å²) in [5.74, 6) is -4.46. The standard InChI is InChI=1S/C19H15F3N4O2.C6H13NO/c1-3-16(27)10-6-13(21)17(14(22)7-10)18-12(20)4-5-15(25-18)19(28)24-11-8-23-26(2)9-11;7-6-2-1-4-8-5-3-6/h4-9H,3H2,1-2H3,(H,24,28);6H,1-5,7H2. The fourth-order valence-corrected chi connectivity index (χ4v) is 3.52. The second-order valence-electron chi connectivity index (χ2n) is 8.28. The molecule has 3 heterocycles. The second-order valence-corrected chi connectivity index (χ2v) is 8.28. The first-order valence-electron chi connectivity index (χ1n) is 11.5. The minimum atomic E-state index is -1.15. The van der Waals surface area contributed by atoms with Gasteiger partial charge in [0.25, 0.3) is 5.91 Å². The predicted molar refractivity (Wildman–Crippen MR) is 128 cm³/mol. The fourth-order valence-electron chi connectivity index (χ4n) is 3.52. The van der Waals surface area contributed by atoms with E-state index in [2.05, 4.69) is 15.4 Å². The third-order valence-electron chi connectivity index (χ3n) is 5.46. The molecule has 3 N–H and O–H groups in total. The van der Waals surface area contributed by atoms with Gasteiger partial charge in [0, 0.05) is 44.5 Å². The van der Waals surface area contributed by atoms with Gasteiger partial charge in [0.15, 0.2) is 5.78 Å². The molecule has 2 aromatic heterocycles. The topological polar surface area (TPSA) is 112 Å². The molecule has 8 nitrogen and oxygen atoms in total. The number of aryl methyl sites for hydroxylation is 1. The number of nitrogens with one attached hydrogen (secondary N) is 1. The normalized spacial score (nSPS) is 15.4. The summed E-state index contributed by atoms with van der Waals surface area (Å²) < 4.78 is 49.8. The average molecular weight is 504 g/mol. The third kappa shape index (κ3) is 6.98. The van der Waals surface area contributed by atoms with E-state index in [1.54, 1.807) is 14.0 Å². The molecule has 0 bridgehead atoms. The van der Waals surface area contributed by atoms with E-state index in [1.165, 1.54) is 17.1 Å². The van der Waals surface area contributed by atoms with E-state index in [4.69, 9.17) is 10.5 Å². The summed E-state index contributed by atoms with van der Waals surface area (Å²) >= 11 is 0. The number of carbonyl (C=O) groups excluding carboxylic acids is 2. The summed E-state index contributed by atoms with van der Waals surface area (Å²) in [7, 11) is 1.66. The van der Waals surface area contributed by atoms with Crippen LogP contribution in [0, 0.1) is 17.5 Å². The van der Waals surface area contributed by atoms with Crippen LogP contribution in [0.5, 0.6) is 0 Å². The highest BCUT2D eigenvalue weighted by molar-refractivity contribution is 6.03. The Balaban J connectivity index is 0.000000383. The van der Waals surface area contributed by atoms with E-state index in [0.717, 1.165) is 56.7 Å². The van der Waals surface area contributed by atoms with Crippen LogP contribution in [0.25, 0.3) is 11.3 Å². The zero-order valence-electron chi connectivity index (χ0n) is 20.1. The molecule has 0 aliphatic carbocycles. The number of ether oxygens (including phenoxy) is 1. The first-order chi connectivity index (χ1) is 17.2. The highest BCUT2D eigenvalue weighted by atomic mass is 19.1. The molecule has 1 fully saturated rings. The number of pyridine rings is 1. The molecule has 1 aliphatic heterocycles. The van der Waals surface area contributed by atoms with Gasteiger partial charge in [-0.15, -0.1) is 0 Å². The van der Waals surface area contributed by atoms with Gasteiger partial charge in [-0.05, 0) is 43.5 Å². The van der Waals surface area contributed by atoms with Gasteiger partial charge in [0.05, 0.1) is 17.4 Å². The van der Waals surface area contributed by atoms with Crippen LogP contribution in [-0.4, -0.2) is 45.7 Å². The summed E-state index contributed by atoms with van der Waals surface area (Å²) in [5.41, 5.74) is 4.22. The molecule has 1 unspecified atom stereocenters. The number of nitrogens with two attached hydrogens (primary N) is 1. The van der Waals surface area contributed by atoms with E-state index in [0.29, 0.717) is 11.7 Å². The highest BCUT2D eigenvalue weighted by Crippen LogP contribution is 2.29. The molecule has 11 heteroatoms. The van der Waals surface area contributed by atoms with Crippen molar-refractivity contribution in [1.82, 2.24) is 14.8 Å². The highest BCUT2D eigenvalue weighted by Gasteiger charge is 2.22. The van der Waals surface area contributed by atoms with Gasteiger partial charge in [-0.3, -0.25) is 14.3 Å². The van der Waals surface area contributed by atoms with E-state index in [9.17, 15) is 22.8 Å². The lowest BCUT2D eigenvalue weighted by Crippen LogP contribution is -2.19. The van der Waals surface area contributed by atoms with E-state index in [-0.39, 0.29) is 17.7 Å². The number of nitrogens with zero attached hydrogens (tertiary/aromatic N) is 3. The molecule has 1 atom stereocenters. The smallest absolute Gasteiger partial charge is 0.274 e. The molecule has 1 saturated heterocycles. The number of amides is 1. The van der Waals surface area contributed by atoms with Gasteiger partial charge in [-0.1, -0.05) is 6.92 Å². The van der Waals surface area contributed by atoms with Crippen molar-refractivity contribution in [2.45, 2.75) is 38.6 Å². The monoisotopic (exact) mass is 503 g/mol. The van der Waals surface area contributed by atoms with Crippen molar-refractivity contribution in [3.8, 4) is 11.3 Å². The van der Waals surface area contributed by atoms with Crippen LogP contribution in [-0.2, 0) is 11.8 Å². The van der Waals surface area contributed by atoms with E-state index >= 15 is 0 Å². The lowest BCUT2D eigenvalue weighted by Gasteiger charge is -2.10. The number of Topliss-reactive ketones (excluding diaryl/α,β-unsaturated/α-hetero) is 1. The van der Waals surface area contributed by atoms with Gasteiger partial charge < -0.3 is 15.8 Å². The van der Waals surface area contributed by atoms with Gasteiger partial charge >= 0.3 is 0 Å². The molecule has 36 heavy (non-hydrogen) atoms. The quantitative estimate of drug-likeness (QED) is 0.504. The maximum Gasteiger partial charge on any atom is 0.274 e. The number of hydrogen-bond donors (Lipinski definition) is 2. The number of anilines is 1. The molecule has 0 saturated carbocycles. The van der Waals surface area contributed by atoms with Crippen LogP contribution in [0.15, 0.2) is 36.7 Å². The van der Waals surface area contributed by atoms with Crippen LogP contribution in [0.3, 0.4) is 0 Å². The third-order valence-corrected chi connectivity index (χ3v) is 5.46. The number of hydrogen-bond acceptors (Lipinski definition) is 6. The van der Waals surface area contributed by atoms with Crippen LogP contribution in [0.2, 0.25) is 0 Å². The van der Waals surface area contributed by atoms with Crippen molar-refractivity contribution in [3.63, 3.8) is 0 Å². The van der Waals surface area contributed by atoms with Crippen molar-refractivity contribution in [2.24, 2.45) is 12.8 Å². The maximum atomic E-state index is 14.4. The predicted octanol–water partition coefficient (Wildman–Crippen LogP) is 4.26. The van der Waals surface area contributed by atoms with Gasteiger partial charge in [0.1, 0.15) is 28.8 Å². The molecule has 1 amide bonds.